The standard InChI is InChI=1S/C17H10Br2N2O3S2/c18-11-1-3-13(22)9(5-11)7-15-16(24)21(17(25)26-15)20-8-10-6-12(19)2-4-14(10)23/h1-8,22-23H/b15-7?,20-8+. The maximum absolute atomic E-state index is 12.6. The number of phenols is 2. The van der Waals surface area contributed by atoms with Gasteiger partial charge in [-0.2, -0.15) is 10.1 Å². The third kappa shape index (κ3) is 4.17. The van der Waals surface area contributed by atoms with Crippen LogP contribution in [0.1, 0.15) is 11.1 Å². The van der Waals surface area contributed by atoms with E-state index in [1.165, 1.54) is 18.3 Å². The van der Waals surface area contributed by atoms with Gasteiger partial charge in [0.2, 0.25) is 0 Å². The van der Waals surface area contributed by atoms with Crippen LogP contribution in [0.4, 0.5) is 0 Å². The lowest BCUT2D eigenvalue weighted by molar-refractivity contribution is -0.122. The predicted molar refractivity (Wildman–Crippen MR) is 114 cm³/mol. The molecule has 0 unspecified atom stereocenters. The van der Waals surface area contributed by atoms with Crippen molar-refractivity contribution in [3.8, 4) is 11.5 Å². The molecule has 0 aliphatic carbocycles. The van der Waals surface area contributed by atoms with E-state index in [2.05, 4.69) is 37.0 Å². The Bertz CT molecular complexity index is 976. The Kier molecular flexibility index (Phi) is 5.81. The molecule has 3 rings (SSSR count). The third-order valence-corrected chi connectivity index (χ3v) is 5.62. The van der Waals surface area contributed by atoms with E-state index in [-0.39, 0.29) is 15.8 Å². The lowest BCUT2D eigenvalue weighted by Crippen LogP contribution is -2.22. The number of phenolic OH excluding ortho intramolecular Hbond substituents is 2. The number of rotatable bonds is 3. The number of aromatic hydroxyl groups is 2. The molecule has 2 N–H and O–H groups in total. The zero-order valence-electron chi connectivity index (χ0n) is 12.9. The van der Waals surface area contributed by atoms with Gasteiger partial charge < -0.3 is 10.2 Å². The Morgan fingerprint density at radius 3 is 2.27 bits per heavy atom. The van der Waals surface area contributed by atoms with Crippen molar-refractivity contribution in [3.63, 3.8) is 0 Å². The minimum absolute atomic E-state index is 0.0389. The highest BCUT2D eigenvalue weighted by Crippen LogP contribution is 2.35. The van der Waals surface area contributed by atoms with Crippen molar-refractivity contribution < 1.29 is 15.0 Å². The van der Waals surface area contributed by atoms with Crippen LogP contribution in [0.5, 0.6) is 11.5 Å². The molecule has 2 aromatic carbocycles. The van der Waals surface area contributed by atoms with E-state index in [1.54, 1.807) is 30.3 Å². The minimum atomic E-state index is -0.398. The largest absolute Gasteiger partial charge is 0.507 e. The van der Waals surface area contributed by atoms with Crippen molar-refractivity contribution in [2.24, 2.45) is 5.10 Å². The first-order valence-corrected chi connectivity index (χ1v) is 9.95. The summed E-state index contributed by atoms with van der Waals surface area (Å²) in [5.74, 6) is -0.303. The summed E-state index contributed by atoms with van der Waals surface area (Å²) in [4.78, 5) is 12.9. The number of amides is 1. The highest BCUT2D eigenvalue weighted by molar-refractivity contribution is 9.10. The summed E-state index contributed by atoms with van der Waals surface area (Å²) in [6.45, 7) is 0. The number of hydrogen-bond acceptors (Lipinski definition) is 6. The molecule has 2 aromatic rings. The molecule has 1 heterocycles. The van der Waals surface area contributed by atoms with E-state index in [4.69, 9.17) is 12.2 Å². The van der Waals surface area contributed by atoms with E-state index in [0.717, 1.165) is 25.7 Å². The second kappa shape index (κ2) is 7.91. The number of hydrogen-bond donors (Lipinski definition) is 2. The number of hydrazone groups is 1. The second-order valence-corrected chi connectivity index (χ2v) is 8.65. The molecule has 9 heteroatoms. The van der Waals surface area contributed by atoms with Gasteiger partial charge in [0, 0.05) is 20.1 Å². The highest BCUT2D eigenvalue weighted by atomic mass is 79.9. The molecule has 0 bridgehead atoms. The maximum Gasteiger partial charge on any atom is 0.286 e. The Labute approximate surface area is 175 Å². The van der Waals surface area contributed by atoms with Gasteiger partial charge in [0.15, 0.2) is 4.32 Å². The molecule has 0 atom stereocenters. The van der Waals surface area contributed by atoms with Crippen molar-refractivity contribution in [2.45, 2.75) is 0 Å². The van der Waals surface area contributed by atoms with E-state index < -0.39 is 5.91 Å². The molecule has 26 heavy (non-hydrogen) atoms. The Hall–Kier alpha value is -1.68. The van der Waals surface area contributed by atoms with Gasteiger partial charge in [0.25, 0.3) is 5.91 Å². The van der Waals surface area contributed by atoms with Crippen LogP contribution in [-0.2, 0) is 4.79 Å². The number of carbonyl (C=O) groups is 1. The Balaban J connectivity index is 1.87. The van der Waals surface area contributed by atoms with Gasteiger partial charge in [-0.1, -0.05) is 43.6 Å². The van der Waals surface area contributed by atoms with E-state index in [9.17, 15) is 15.0 Å². The molecular weight excluding hydrogens is 504 g/mol. The van der Waals surface area contributed by atoms with Crippen LogP contribution in [0, 0.1) is 0 Å². The minimum Gasteiger partial charge on any atom is -0.507 e. The Morgan fingerprint density at radius 1 is 1.04 bits per heavy atom. The number of carbonyl (C=O) groups excluding carboxylic acids is 1. The van der Waals surface area contributed by atoms with E-state index in [0.29, 0.717) is 16.0 Å². The van der Waals surface area contributed by atoms with Gasteiger partial charge in [-0.15, -0.1) is 0 Å². The number of benzene rings is 2. The Morgan fingerprint density at radius 2 is 1.62 bits per heavy atom. The topological polar surface area (TPSA) is 73.1 Å². The zero-order chi connectivity index (χ0) is 18.8. The summed E-state index contributed by atoms with van der Waals surface area (Å²) in [5, 5.41) is 25.0. The van der Waals surface area contributed by atoms with Crippen LogP contribution in [0.2, 0.25) is 0 Å². The highest BCUT2D eigenvalue weighted by Gasteiger charge is 2.32. The van der Waals surface area contributed by atoms with Crippen molar-refractivity contribution in [3.05, 3.63) is 61.4 Å². The molecule has 0 saturated carbocycles. The molecule has 5 nitrogen and oxygen atoms in total. The van der Waals surface area contributed by atoms with Gasteiger partial charge in [-0.3, -0.25) is 4.79 Å². The molecule has 0 radical (unpaired) electrons. The molecule has 1 amide bonds. The van der Waals surface area contributed by atoms with Gasteiger partial charge >= 0.3 is 0 Å². The number of nitrogens with zero attached hydrogens (tertiary/aromatic N) is 2. The lowest BCUT2D eigenvalue weighted by Gasteiger charge is -2.07. The average molecular weight is 514 g/mol. The molecular formula is C17H10Br2N2O3S2. The first-order chi connectivity index (χ1) is 12.3. The van der Waals surface area contributed by atoms with Crippen LogP contribution >= 0.6 is 55.8 Å². The van der Waals surface area contributed by atoms with Crippen LogP contribution in [0.15, 0.2) is 55.4 Å². The second-order valence-electron chi connectivity index (χ2n) is 5.14. The SMILES string of the molecule is O=C1C(=Cc2cc(Br)ccc2O)SC(=S)N1/N=C/c1cc(Br)ccc1O. The molecule has 1 aliphatic heterocycles. The molecule has 132 valence electrons. The van der Waals surface area contributed by atoms with Gasteiger partial charge in [-0.25, -0.2) is 0 Å². The van der Waals surface area contributed by atoms with E-state index >= 15 is 0 Å². The van der Waals surface area contributed by atoms with Crippen LogP contribution in [-0.4, -0.2) is 31.7 Å². The zero-order valence-corrected chi connectivity index (χ0v) is 17.7. The number of thioether (sulfide) groups is 1. The molecule has 1 fully saturated rings. The monoisotopic (exact) mass is 512 g/mol. The fourth-order valence-electron chi connectivity index (χ4n) is 2.09. The third-order valence-electron chi connectivity index (χ3n) is 3.35. The fourth-order valence-corrected chi connectivity index (χ4v) is 4.01. The van der Waals surface area contributed by atoms with Crippen LogP contribution in [0.3, 0.4) is 0 Å². The maximum atomic E-state index is 12.6. The summed E-state index contributed by atoms with van der Waals surface area (Å²) in [6, 6.07) is 9.82. The van der Waals surface area contributed by atoms with Crippen LogP contribution in [0.25, 0.3) is 6.08 Å². The molecule has 1 aliphatic rings. The molecule has 0 spiro atoms. The number of halogens is 2. The van der Waals surface area contributed by atoms with Crippen molar-refractivity contribution in [2.75, 3.05) is 0 Å². The van der Waals surface area contributed by atoms with Gasteiger partial charge in [-0.05, 0) is 54.7 Å². The summed E-state index contributed by atoms with van der Waals surface area (Å²) in [5.41, 5.74) is 0.940. The van der Waals surface area contributed by atoms with Crippen molar-refractivity contribution in [1.82, 2.24) is 5.01 Å². The first kappa shape index (κ1) is 19.1. The smallest absolute Gasteiger partial charge is 0.286 e. The summed E-state index contributed by atoms with van der Waals surface area (Å²) >= 11 is 12.9. The summed E-state index contributed by atoms with van der Waals surface area (Å²) < 4.78 is 1.81. The quantitative estimate of drug-likeness (QED) is 0.348. The van der Waals surface area contributed by atoms with Crippen molar-refractivity contribution in [1.29, 1.82) is 0 Å². The number of thiocarbonyl (C=S) groups is 1. The molecule has 1 saturated heterocycles. The average Bonchev–Trinajstić information content (AvgIpc) is 2.85. The fraction of sp³-hybridized carbons (Fsp3) is 0. The summed E-state index contributed by atoms with van der Waals surface area (Å²) in [6.07, 6.45) is 2.93. The predicted octanol–water partition coefficient (Wildman–Crippen LogP) is 4.86. The van der Waals surface area contributed by atoms with E-state index in [1.807, 2.05) is 0 Å². The van der Waals surface area contributed by atoms with Crippen molar-refractivity contribution >= 4 is 78.4 Å². The summed E-state index contributed by atoms with van der Waals surface area (Å²) in [7, 11) is 0. The first-order valence-electron chi connectivity index (χ1n) is 7.14. The lowest BCUT2D eigenvalue weighted by atomic mass is 10.2. The van der Waals surface area contributed by atoms with Gasteiger partial charge in [0.1, 0.15) is 11.5 Å². The van der Waals surface area contributed by atoms with Crippen LogP contribution < -0.4 is 0 Å². The normalized spacial score (nSPS) is 16.2. The van der Waals surface area contributed by atoms with Gasteiger partial charge in [0.05, 0.1) is 11.1 Å². The molecule has 0 aromatic heterocycles.